The fourth-order valence-electron chi connectivity index (χ4n) is 3.55. The van der Waals surface area contributed by atoms with E-state index in [1.165, 1.54) is 42.4 Å². The Hall–Kier alpha value is -1.06. The van der Waals surface area contributed by atoms with E-state index < -0.39 is 0 Å². The molecule has 1 aromatic rings. The van der Waals surface area contributed by atoms with Crippen LogP contribution in [0.15, 0.2) is 12.1 Å². The minimum atomic E-state index is 0.391. The summed E-state index contributed by atoms with van der Waals surface area (Å²) >= 11 is 0. The highest BCUT2D eigenvalue weighted by atomic mass is 16.5. The monoisotopic (exact) mass is 274 g/mol. The quantitative estimate of drug-likeness (QED) is 0.920. The molecule has 1 fully saturated rings. The Morgan fingerprint density at radius 1 is 1.15 bits per heavy atom. The lowest BCUT2D eigenvalue weighted by Gasteiger charge is -2.22. The van der Waals surface area contributed by atoms with Gasteiger partial charge in [-0.15, -0.1) is 0 Å². The summed E-state index contributed by atoms with van der Waals surface area (Å²) in [6.45, 7) is 3.28. The summed E-state index contributed by atoms with van der Waals surface area (Å²) in [6.07, 6.45) is 7.24. The summed E-state index contributed by atoms with van der Waals surface area (Å²) in [5.41, 5.74) is 10.4. The Morgan fingerprint density at radius 2 is 1.95 bits per heavy atom. The third-order valence-corrected chi connectivity index (χ3v) is 4.75. The van der Waals surface area contributed by atoms with Gasteiger partial charge in [0.2, 0.25) is 0 Å². The molecule has 0 unspecified atom stereocenters. The van der Waals surface area contributed by atoms with Crippen molar-refractivity contribution in [2.45, 2.75) is 51.1 Å². The minimum Gasteiger partial charge on any atom is -0.496 e. The van der Waals surface area contributed by atoms with Crippen LogP contribution in [0, 0.1) is 0 Å². The summed E-state index contributed by atoms with van der Waals surface area (Å²) in [5.74, 6) is 1.07. The van der Waals surface area contributed by atoms with Crippen LogP contribution in [0.2, 0.25) is 0 Å². The average Bonchev–Trinajstić information content (AvgIpc) is 2.81. The van der Waals surface area contributed by atoms with E-state index in [1.54, 1.807) is 7.11 Å². The predicted octanol–water partition coefficient (Wildman–Crippen LogP) is 2.50. The van der Waals surface area contributed by atoms with E-state index in [0.717, 1.165) is 38.2 Å². The van der Waals surface area contributed by atoms with E-state index in [9.17, 15) is 0 Å². The molecule has 0 amide bonds. The average molecular weight is 274 g/mol. The maximum atomic E-state index is 6.07. The van der Waals surface area contributed by atoms with E-state index >= 15 is 0 Å². The first-order valence-corrected chi connectivity index (χ1v) is 7.93. The molecule has 1 aliphatic carbocycles. The maximum Gasteiger partial charge on any atom is 0.123 e. The molecule has 2 aliphatic rings. The van der Waals surface area contributed by atoms with Crippen molar-refractivity contribution in [3.8, 4) is 5.75 Å². The van der Waals surface area contributed by atoms with Crippen molar-refractivity contribution in [2.24, 2.45) is 5.73 Å². The molecule has 0 radical (unpaired) electrons. The van der Waals surface area contributed by atoms with Gasteiger partial charge in [0.25, 0.3) is 0 Å². The second-order valence-electron chi connectivity index (χ2n) is 6.25. The Bertz CT molecular complexity index is 472. The van der Waals surface area contributed by atoms with Gasteiger partial charge in [-0.05, 0) is 68.8 Å². The summed E-state index contributed by atoms with van der Waals surface area (Å²) in [6, 6.07) is 5.04. The van der Waals surface area contributed by atoms with Gasteiger partial charge in [-0.25, -0.2) is 0 Å². The molecule has 3 rings (SSSR count). The highest BCUT2D eigenvalue weighted by Crippen LogP contribution is 2.31. The molecule has 0 aromatic heterocycles. The number of methoxy groups -OCH3 is 1. The van der Waals surface area contributed by atoms with Crippen LogP contribution < -0.4 is 10.5 Å². The lowest BCUT2D eigenvalue weighted by atomic mass is 10.0. The number of fused-ring (bicyclic) bond motifs is 1. The Balaban J connectivity index is 1.76. The van der Waals surface area contributed by atoms with Crippen molar-refractivity contribution in [1.29, 1.82) is 0 Å². The Morgan fingerprint density at radius 3 is 2.75 bits per heavy atom. The maximum absolute atomic E-state index is 6.07. The van der Waals surface area contributed by atoms with Crippen molar-refractivity contribution < 1.29 is 4.74 Å². The molecular weight excluding hydrogens is 248 g/mol. The summed E-state index contributed by atoms with van der Waals surface area (Å²) in [5, 5.41) is 0. The SMILES string of the molecule is COc1cc2c(cc1CN1CCC[C@H](N)CC1)CCC2. The van der Waals surface area contributed by atoms with Gasteiger partial charge in [-0.1, -0.05) is 6.07 Å². The topological polar surface area (TPSA) is 38.5 Å². The number of aryl methyl sites for hydroxylation is 2. The molecule has 110 valence electrons. The largest absolute Gasteiger partial charge is 0.496 e. The third kappa shape index (κ3) is 2.99. The van der Waals surface area contributed by atoms with Crippen molar-refractivity contribution in [2.75, 3.05) is 20.2 Å². The molecule has 20 heavy (non-hydrogen) atoms. The number of hydrogen-bond donors (Lipinski definition) is 1. The van der Waals surface area contributed by atoms with E-state index in [0.29, 0.717) is 6.04 Å². The van der Waals surface area contributed by atoms with Gasteiger partial charge < -0.3 is 10.5 Å². The van der Waals surface area contributed by atoms with E-state index in [-0.39, 0.29) is 0 Å². The fraction of sp³-hybridized carbons (Fsp3) is 0.647. The van der Waals surface area contributed by atoms with Gasteiger partial charge in [0.05, 0.1) is 7.11 Å². The van der Waals surface area contributed by atoms with Gasteiger partial charge >= 0.3 is 0 Å². The molecule has 3 nitrogen and oxygen atoms in total. The number of nitrogens with two attached hydrogens (primary N) is 1. The molecular formula is C17H26N2O. The molecule has 2 N–H and O–H groups in total. The second-order valence-corrected chi connectivity index (χ2v) is 6.25. The van der Waals surface area contributed by atoms with Crippen LogP contribution in [0.25, 0.3) is 0 Å². The van der Waals surface area contributed by atoms with Gasteiger partial charge in [-0.2, -0.15) is 0 Å². The van der Waals surface area contributed by atoms with Gasteiger partial charge in [0, 0.05) is 18.2 Å². The van der Waals surface area contributed by atoms with Crippen LogP contribution in [0.1, 0.15) is 42.4 Å². The Labute approximate surface area is 122 Å². The summed E-state index contributed by atoms with van der Waals surface area (Å²) < 4.78 is 5.61. The normalized spacial score (nSPS) is 23.4. The zero-order chi connectivity index (χ0) is 13.9. The smallest absolute Gasteiger partial charge is 0.123 e. The summed E-state index contributed by atoms with van der Waals surface area (Å²) in [4.78, 5) is 2.53. The van der Waals surface area contributed by atoms with Crippen molar-refractivity contribution >= 4 is 0 Å². The highest BCUT2D eigenvalue weighted by molar-refractivity contribution is 5.44. The molecule has 0 saturated carbocycles. The summed E-state index contributed by atoms with van der Waals surface area (Å²) in [7, 11) is 1.79. The van der Waals surface area contributed by atoms with Crippen LogP contribution in [-0.4, -0.2) is 31.1 Å². The number of hydrogen-bond acceptors (Lipinski definition) is 3. The first kappa shape index (κ1) is 13.9. The molecule has 3 heteroatoms. The molecule has 1 aromatic carbocycles. The molecule has 1 atom stereocenters. The number of ether oxygens (including phenoxy) is 1. The second kappa shape index (κ2) is 6.15. The first-order chi connectivity index (χ1) is 9.76. The molecule has 1 aliphatic heterocycles. The Kier molecular flexibility index (Phi) is 4.27. The van der Waals surface area contributed by atoms with Crippen molar-refractivity contribution in [1.82, 2.24) is 4.90 Å². The van der Waals surface area contributed by atoms with E-state index in [4.69, 9.17) is 10.5 Å². The lowest BCUT2D eigenvalue weighted by molar-refractivity contribution is 0.270. The fourth-order valence-corrected chi connectivity index (χ4v) is 3.55. The molecule has 1 saturated heterocycles. The van der Waals surface area contributed by atoms with Gasteiger partial charge in [0.15, 0.2) is 0 Å². The number of nitrogens with zero attached hydrogens (tertiary/aromatic N) is 1. The standard InChI is InChI=1S/C17H26N2O/c1-20-17-11-14-5-2-4-13(14)10-15(17)12-19-8-3-6-16(18)7-9-19/h10-11,16H,2-9,12,18H2,1H3/t16-/m0/s1. The molecule has 0 spiro atoms. The van der Waals surface area contributed by atoms with Crippen molar-refractivity contribution in [3.63, 3.8) is 0 Å². The van der Waals surface area contributed by atoms with Crippen molar-refractivity contribution in [3.05, 3.63) is 28.8 Å². The molecule has 1 heterocycles. The van der Waals surface area contributed by atoms with Crippen LogP contribution in [0.5, 0.6) is 5.75 Å². The zero-order valence-electron chi connectivity index (χ0n) is 12.5. The van der Waals surface area contributed by atoms with Crippen LogP contribution >= 0.6 is 0 Å². The number of likely N-dealkylation sites (tertiary alicyclic amines) is 1. The van der Waals surface area contributed by atoms with Crippen LogP contribution in [-0.2, 0) is 19.4 Å². The van der Waals surface area contributed by atoms with E-state index in [1.807, 2.05) is 0 Å². The lowest BCUT2D eigenvalue weighted by Crippen LogP contribution is -2.26. The number of rotatable bonds is 3. The van der Waals surface area contributed by atoms with Gasteiger partial charge in [-0.3, -0.25) is 4.90 Å². The van der Waals surface area contributed by atoms with Crippen LogP contribution in [0.3, 0.4) is 0 Å². The minimum absolute atomic E-state index is 0.391. The predicted molar refractivity (Wildman–Crippen MR) is 82.1 cm³/mol. The zero-order valence-corrected chi connectivity index (χ0v) is 12.5. The van der Waals surface area contributed by atoms with Gasteiger partial charge in [0.1, 0.15) is 5.75 Å². The first-order valence-electron chi connectivity index (χ1n) is 7.93. The third-order valence-electron chi connectivity index (χ3n) is 4.75. The highest BCUT2D eigenvalue weighted by Gasteiger charge is 2.19. The van der Waals surface area contributed by atoms with E-state index in [2.05, 4.69) is 17.0 Å². The van der Waals surface area contributed by atoms with Crippen LogP contribution in [0.4, 0.5) is 0 Å². The molecule has 0 bridgehead atoms. The number of benzene rings is 1.